The highest BCUT2D eigenvalue weighted by Crippen LogP contribution is 2.27. The molecule has 0 amide bonds. The maximum absolute atomic E-state index is 9.63. The number of thioether (sulfide) groups is 1. The minimum absolute atomic E-state index is 0.380. The zero-order chi connectivity index (χ0) is 36.4. The number of sulfone groups is 1. The average molecular weight is 694 g/mol. The first-order valence-corrected chi connectivity index (χ1v) is 27.3. The molecule has 0 unspecified atom stereocenters. The zero-order valence-corrected chi connectivity index (χ0v) is 35.9. The summed E-state index contributed by atoms with van der Waals surface area (Å²) in [6, 6.07) is 0. The van der Waals surface area contributed by atoms with E-state index in [1.807, 2.05) is 45.3 Å². The SMILES string of the molecule is C#N.C=NC.C=O.C=P(C)(C)C.CN(C)C.COC.CP(C)C.CS(C)(=O)=O.CS(C)=O.CSC.C[Si](C)(C)C. The summed E-state index contributed by atoms with van der Waals surface area (Å²) in [5.41, 5.74) is 0. The number of rotatable bonds is 0. The van der Waals surface area contributed by atoms with E-state index in [1.165, 1.54) is 0 Å². The first-order chi connectivity index (χ1) is 17.4. The second-order valence-corrected chi connectivity index (χ2v) is 28.8. The Kier molecular flexibility index (Phi) is 113. The van der Waals surface area contributed by atoms with Crippen LogP contribution in [0.25, 0.3) is 0 Å². The molecule has 0 fully saturated rings. The maximum Gasteiger partial charge on any atom is 0.144 e. The van der Waals surface area contributed by atoms with E-state index in [4.69, 9.17) is 10.1 Å². The fourth-order valence-corrected chi connectivity index (χ4v) is 0. The van der Waals surface area contributed by atoms with Crippen LogP contribution in [-0.2, 0) is 30.2 Å². The Labute approximate surface area is 264 Å². The molecule has 0 atom stereocenters. The van der Waals surface area contributed by atoms with Gasteiger partial charge in [0.25, 0.3) is 0 Å². The van der Waals surface area contributed by atoms with Crippen LogP contribution in [0.4, 0.5) is 0 Å². The van der Waals surface area contributed by atoms with Gasteiger partial charge >= 0.3 is 0 Å². The van der Waals surface area contributed by atoms with Gasteiger partial charge in [-0.2, -0.15) is 11.8 Å². The first kappa shape index (κ1) is 72.4. The predicted octanol–water partition coefficient (Wildman–Crippen LogP) is 5.98. The number of aliphatic imine (C=N–C) groups is 1. The summed E-state index contributed by atoms with van der Waals surface area (Å²) in [4.78, 5) is 13.2. The van der Waals surface area contributed by atoms with Gasteiger partial charge in [0.2, 0.25) is 0 Å². The number of nitriles is 1. The molecule has 8 nitrogen and oxygen atoms in total. The van der Waals surface area contributed by atoms with Gasteiger partial charge in [0.05, 0.1) is 0 Å². The smallest absolute Gasteiger partial charge is 0.144 e. The number of carbonyl (C=O) groups excluding carboxylic acids is 1. The summed E-state index contributed by atoms with van der Waals surface area (Å²) >= 11 is 1.75. The van der Waals surface area contributed by atoms with E-state index in [9.17, 15) is 12.6 Å². The first-order valence-electron chi connectivity index (χ1n) is 11.4. The van der Waals surface area contributed by atoms with Crippen molar-refractivity contribution in [3.05, 3.63) is 0 Å². The van der Waals surface area contributed by atoms with E-state index in [2.05, 4.69) is 95.5 Å². The quantitative estimate of drug-likeness (QED) is 0.173. The summed E-state index contributed by atoms with van der Waals surface area (Å²) in [7, 11) is 7.38. The lowest BCUT2D eigenvalue weighted by atomic mass is 11.0. The van der Waals surface area contributed by atoms with Crippen molar-refractivity contribution in [1.29, 1.82) is 5.26 Å². The molecular formula is C26H73N3O5P2S3Si. The molecule has 14 heteroatoms. The van der Waals surface area contributed by atoms with Crippen molar-refractivity contribution >= 4 is 75.1 Å². The number of carbonyl (C=O) groups is 1. The molecule has 0 N–H and O–H groups in total. The Morgan fingerprint density at radius 3 is 0.950 bits per heavy atom. The van der Waals surface area contributed by atoms with E-state index >= 15 is 0 Å². The van der Waals surface area contributed by atoms with Crippen LogP contribution in [0.5, 0.6) is 0 Å². The normalized spacial score (nSPS) is 8.47. The van der Waals surface area contributed by atoms with Crippen molar-refractivity contribution < 1.29 is 22.2 Å². The molecule has 0 saturated heterocycles. The molecule has 0 aliphatic carbocycles. The van der Waals surface area contributed by atoms with Crippen LogP contribution in [0, 0.1) is 11.8 Å². The zero-order valence-electron chi connectivity index (χ0n) is 30.7. The molecule has 0 aliphatic rings. The highest BCUT2D eigenvalue weighted by molar-refractivity contribution is 7.97. The molecule has 0 bridgehead atoms. The lowest BCUT2D eigenvalue weighted by Crippen LogP contribution is -2.10. The Bertz CT molecular complexity index is 558. The number of hydrogen-bond acceptors (Lipinski definition) is 9. The topological polar surface area (TPSA) is 117 Å². The molecule has 0 heterocycles. The standard InChI is InChI=1S/C4H11P.C4H12Si.C3H9N.C3H9P.C2H5N.C2H6O2S.C2H6OS.C2H6O.C2H6S.CHN.CH2O/c2*1-5(2,3)4;2*1-4(2)3;1-3-2;1-5(2,3)4;1-4(2)3;2*1-3-2;2*1-2/h1H2,2-4H3;1-4H3;2*1-3H3;1H2,2H3;1-2H3;1-2H3;2*1-2H3;1H;1H2. The molecule has 0 spiro atoms. The van der Waals surface area contributed by atoms with Gasteiger partial charge in [-0.3, -0.25) is 4.21 Å². The molecule has 0 aromatic heterocycles. The van der Waals surface area contributed by atoms with E-state index in [0.717, 1.165) is 12.5 Å². The maximum atomic E-state index is 9.63. The lowest BCUT2D eigenvalue weighted by molar-refractivity contribution is -0.0980. The highest BCUT2D eigenvalue weighted by Gasteiger charge is 1.99. The number of hydrogen-bond donors (Lipinski definition) is 0. The number of methoxy groups -OCH3 is 1. The Balaban J connectivity index is -0.0000000260. The third kappa shape index (κ3) is 2440000. The van der Waals surface area contributed by atoms with Crippen molar-refractivity contribution in [3.63, 3.8) is 0 Å². The molecule has 0 aromatic rings. The van der Waals surface area contributed by atoms with Crippen LogP contribution in [-0.4, -0.2) is 165 Å². The van der Waals surface area contributed by atoms with Gasteiger partial charge in [0, 0.05) is 71.7 Å². The average Bonchev–Trinajstić information content (AvgIpc) is 2.61. The molecule has 0 aromatic carbocycles. The Morgan fingerprint density at radius 1 is 0.950 bits per heavy atom. The molecule has 0 rings (SSSR count). The number of ether oxygens (including phenoxy) is 1. The van der Waals surface area contributed by atoms with Gasteiger partial charge in [-0.1, -0.05) is 26.2 Å². The monoisotopic (exact) mass is 693 g/mol. The van der Waals surface area contributed by atoms with Crippen molar-refractivity contribution in [2.75, 3.05) is 120 Å². The minimum Gasteiger partial charge on any atom is -0.388 e. The van der Waals surface area contributed by atoms with Crippen molar-refractivity contribution in [2.24, 2.45) is 4.99 Å². The van der Waals surface area contributed by atoms with Crippen LogP contribution in [0.15, 0.2) is 4.99 Å². The third-order valence-corrected chi connectivity index (χ3v) is 0. The van der Waals surface area contributed by atoms with Crippen LogP contribution in [0.2, 0.25) is 26.2 Å². The predicted molar refractivity (Wildman–Crippen MR) is 208 cm³/mol. The molecular weight excluding hydrogens is 621 g/mol. The fraction of sp³-hybridized carbons (Fsp3) is 0.846. The Morgan fingerprint density at radius 2 is 0.950 bits per heavy atom. The van der Waals surface area contributed by atoms with E-state index in [0.29, 0.717) is 7.92 Å². The molecule has 0 saturated carbocycles. The fourth-order valence-electron chi connectivity index (χ4n) is 0. The van der Waals surface area contributed by atoms with Gasteiger partial charge in [-0.25, -0.2) is 13.7 Å². The van der Waals surface area contributed by atoms with Crippen LogP contribution < -0.4 is 0 Å². The summed E-state index contributed by atoms with van der Waals surface area (Å²) in [6.45, 7) is 30.5. The van der Waals surface area contributed by atoms with E-state index in [1.54, 1.807) is 45.5 Å². The van der Waals surface area contributed by atoms with Gasteiger partial charge in [0.1, 0.15) is 16.6 Å². The van der Waals surface area contributed by atoms with Gasteiger partial charge in [-0.05, 0) is 80.4 Å². The second-order valence-electron chi connectivity index (χ2n) is 11.0. The van der Waals surface area contributed by atoms with Gasteiger partial charge in [0.15, 0.2) is 0 Å². The summed E-state index contributed by atoms with van der Waals surface area (Å²) in [6.07, 6.45) is 13.6. The van der Waals surface area contributed by atoms with Gasteiger partial charge in [-0.15, -0.1) is 21.1 Å². The molecule has 40 heavy (non-hydrogen) atoms. The third-order valence-electron chi connectivity index (χ3n) is 0. The number of nitrogens with zero attached hydrogens (tertiary/aromatic N) is 3. The lowest BCUT2D eigenvalue weighted by Gasteiger charge is -2.01. The Hall–Kier alpha value is 0.147. The van der Waals surface area contributed by atoms with Crippen LogP contribution >= 0.6 is 26.6 Å². The second kappa shape index (κ2) is 62.7. The van der Waals surface area contributed by atoms with Gasteiger partial charge < -0.3 is 19.4 Å². The minimum atomic E-state index is -2.67. The summed E-state index contributed by atoms with van der Waals surface area (Å²) in [5, 5.41) is 6.50. The van der Waals surface area contributed by atoms with Crippen molar-refractivity contribution in [2.45, 2.75) is 26.2 Å². The highest BCUT2D eigenvalue weighted by atomic mass is 32.2. The van der Waals surface area contributed by atoms with Crippen LogP contribution in [0.1, 0.15) is 0 Å². The molecule has 0 radical (unpaired) electrons. The summed E-state index contributed by atoms with van der Waals surface area (Å²) < 4.78 is 33.1. The van der Waals surface area contributed by atoms with E-state index in [-0.39, 0.29) is 0 Å². The van der Waals surface area contributed by atoms with Crippen molar-refractivity contribution in [1.82, 2.24) is 4.90 Å². The van der Waals surface area contributed by atoms with Crippen LogP contribution in [0.3, 0.4) is 0 Å². The summed E-state index contributed by atoms with van der Waals surface area (Å²) in [5.74, 6) is 0. The molecule has 0 aliphatic heterocycles. The van der Waals surface area contributed by atoms with Crippen molar-refractivity contribution in [3.8, 4) is 6.57 Å². The largest absolute Gasteiger partial charge is 0.388 e. The van der Waals surface area contributed by atoms with E-state index < -0.39 is 35.6 Å². The molecule has 254 valence electrons.